The summed E-state index contributed by atoms with van der Waals surface area (Å²) < 4.78 is 1.80. The van der Waals surface area contributed by atoms with Gasteiger partial charge in [-0.15, -0.1) is 0 Å². The number of carboxylic acid groups (broad SMARTS) is 1. The van der Waals surface area contributed by atoms with E-state index in [1.165, 1.54) is 4.90 Å². The van der Waals surface area contributed by atoms with Crippen LogP contribution in [-0.2, 0) is 10.3 Å². The molecule has 1 unspecified atom stereocenters. The standard InChI is InChI=1S/C15H23N3O3/c1-9-12(8-16-18(9)15(3,4)5)13(19)17(11-6-7-11)10(2)14(20)21/h8,10-11H,6-7H2,1-5H3,(H,20,21). The van der Waals surface area contributed by atoms with Crippen LogP contribution in [0.25, 0.3) is 0 Å². The summed E-state index contributed by atoms with van der Waals surface area (Å²) in [7, 11) is 0. The molecule has 1 amide bonds. The van der Waals surface area contributed by atoms with Crippen molar-refractivity contribution in [2.24, 2.45) is 0 Å². The van der Waals surface area contributed by atoms with Crippen LogP contribution in [0.15, 0.2) is 6.20 Å². The van der Waals surface area contributed by atoms with Gasteiger partial charge < -0.3 is 10.0 Å². The first-order valence-electron chi connectivity index (χ1n) is 7.25. The second-order valence-electron chi connectivity index (χ2n) is 6.68. The lowest BCUT2D eigenvalue weighted by molar-refractivity contribution is -0.141. The Labute approximate surface area is 124 Å². The molecule has 0 aliphatic heterocycles. The number of carbonyl (C=O) groups is 2. The molecule has 1 heterocycles. The molecular weight excluding hydrogens is 270 g/mol. The average molecular weight is 293 g/mol. The largest absolute Gasteiger partial charge is 0.480 e. The number of hydrogen-bond acceptors (Lipinski definition) is 3. The van der Waals surface area contributed by atoms with Gasteiger partial charge in [0.25, 0.3) is 5.91 Å². The lowest BCUT2D eigenvalue weighted by atomic mass is 10.1. The Balaban J connectivity index is 2.34. The molecule has 1 N–H and O–H groups in total. The van der Waals surface area contributed by atoms with E-state index in [2.05, 4.69) is 5.10 Å². The Morgan fingerprint density at radius 2 is 2.00 bits per heavy atom. The maximum atomic E-state index is 12.7. The number of hydrogen-bond donors (Lipinski definition) is 1. The van der Waals surface area contributed by atoms with Crippen LogP contribution in [0, 0.1) is 6.92 Å². The van der Waals surface area contributed by atoms with Crippen molar-refractivity contribution in [3.05, 3.63) is 17.5 Å². The van der Waals surface area contributed by atoms with E-state index < -0.39 is 12.0 Å². The van der Waals surface area contributed by atoms with E-state index in [0.29, 0.717) is 5.56 Å². The molecule has 0 spiro atoms. The summed E-state index contributed by atoms with van der Waals surface area (Å²) in [6, 6.07) is -0.775. The van der Waals surface area contributed by atoms with Crippen LogP contribution in [0.3, 0.4) is 0 Å². The Morgan fingerprint density at radius 1 is 1.43 bits per heavy atom. The Bertz CT molecular complexity index is 567. The number of carbonyl (C=O) groups excluding carboxylic acids is 1. The lowest BCUT2D eigenvalue weighted by Gasteiger charge is -2.27. The van der Waals surface area contributed by atoms with Crippen molar-refractivity contribution in [1.29, 1.82) is 0 Å². The van der Waals surface area contributed by atoms with Crippen LogP contribution in [0.1, 0.15) is 56.6 Å². The molecule has 1 atom stereocenters. The average Bonchev–Trinajstić information content (AvgIpc) is 3.09. The second kappa shape index (κ2) is 5.16. The fourth-order valence-corrected chi connectivity index (χ4v) is 2.56. The molecule has 2 rings (SSSR count). The van der Waals surface area contributed by atoms with Crippen LogP contribution in [0.5, 0.6) is 0 Å². The van der Waals surface area contributed by atoms with Gasteiger partial charge in [0.1, 0.15) is 6.04 Å². The van der Waals surface area contributed by atoms with Crippen molar-refractivity contribution < 1.29 is 14.7 Å². The van der Waals surface area contributed by atoms with E-state index >= 15 is 0 Å². The molecule has 1 fully saturated rings. The molecule has 0 saturated heterocycles. The van der Waals surface area contributed by atoms with E-state index in [1.54, 1.807) is 17.8 Å². The van der Waals surface area contributed by atoms with Crippen LogP contribution in [0.4, 0.5) is 0 Å². The van der Waals surface area contributed by atoms with Crippen molar-refractivity contribution in [1.82, 2.24) is 14.7 Å². The number of nitrogens with zero attached hydrogens (tertiary/aromatic N) is 3. The fourth-order valence-electron chi connectivity index (χ4n) is 2.56. The number of amides is 1. The molecule has 0 bridgehead atoms. The van der Waals surface area contributed by atoms with Crippen LogP contribution in [0.2, 0.25) is 0 Å². The number of aromatic nitrogens is 2. The quantitative estimate of drug-likeness (QED) is 0.921. The van der Waals surface area contributed by atoms with Crippen molar-refractivity contribution in [2.45, 2.75) is 65.1 Å². The third kappa shape index (κ3) is 2.94. The monoisotopic (exact) mass is 293 g/mol. The van der Waals surface area contributed by atoms with Gasteiger partial charge >= 0.3 is 5.97 Å². The maximum Gasteiger partial charge on any atom is 0.326 e. The molecule has 1 aromatic heterocycles. The zero-order valence-electron chi connectivity index (χ0n) is 13.3. The first kappa shape index (κ1) is 15.5. The third-order valence-electron chi connectivity index (χ3n) is 3.83. The Kier molecular flexibility index (Phi) is 3.82. The van der Waals surface area contributed by atoms with E-state index in [-0.39, 0.29) is 17.5 Å². The second-order valence-corrected chi connectivity index (χ2v) is 6.68. The summed E-state index contributed by atoms with van der Waals surface area (Å²) in [5.74, 6) is -1.21. The van der Waals surface area contributed by atoms with Gasteiger partial charge in [0.15, 0.2) is 0 Å². The first-order valence-corrected chi connectivity index (χ1v) is 7.25. The maximum absolute atomic E-state index is 12.7. The zero-order valence-corrected chi connectivity index (χ0v) is 13.3. The van der Waals surface area contributed by atoms with E-state index in [1.807, 2.05) is 27.7 Å². The van der Waals surface area contributed by atoms with Gasteiger partial charge in [-0.05, 0) is 47.5 Å². The fraction of sp³-hybridized carbons (Fsp3) is 0.667. The molecule has 0 aromatic carbocycles. The van der Waals surface area contributed by atoms with E-state index in [9.17, 15) is 14.7 Å². The highest BCUT2D eigenvalue weighted by Crippen LogP contribution is 2.31. The molecule has 6 heteroatoms. The molecule has 1 aliphatic carbocycles. The van der Waals surface area contributed by atoms with Gasteiger partial charge in [0.2, 0.25) is 0 Å². The number of aliphatic carboxylic acids is 1. The van der Waals surface area contributed by atoms with Crippen LogP contribution >= 0.6 is 0 Å². The molecule has 21 heavy (non-hydrogen) atoms. The van der Waals surface area contributed by atoms with Gasteiger partial charge in [-0.3, -0.25) is 9.48 Å². The molecule has 0 radical (unpaired) electrons. The summed E-state index contributed by atoms with van der Waals surface area (Å²) in [5, 5.41) is 13.5. The molecule has 116 valence electrons. The third-order valence-corrected chi connectivity index (χ3v) is 3.83. The van der Waals surface area contributed by atoms with Gasteiger partial charge in [-0.2, -0.15) is 5.10 Å². The Hall–Kier alpha value is -1.85. The van der Waals surface area contributed by atoms with Crippen molar-refractivity contribution in [3.8, 4) is 0 Å². The summed E-state index contributed by atoms with van der Waals surface area (Å²) in [6.07, 6.45) is 3.29. The minimum atomic E-state index is -0.976. The van der Waals surface area contributed by atoms with E-state index in [4.69, 9.17) is 0 Å². The highest BCUT2D eigenvalue weighted by molar-refractivity contribution is 5.97. The minimum absolute atomic E-state index is 0.0426. The summed E-state index contributed by atoms with van der Waals surface area (Å²) in [6.45, 7) is 9.45. The Morgan fingerprint density at radius 3 is 2.38 bits per heavy atom. The normalized spacial score (nSPS) is 16.6. The van der Waals surface area contributed by atoms with Crippen molar-refractivity contribution in [2.75, 3.05) is 0 Å². The van der Waals surface area contributed by atoms with Gasteiger partial charge in [0, 0.05) is 11.7 Å². The minimum Gasteiger partial charge on any atom is -0.480 e. The molecule has 1 aromatic rings. The first-order chi connectivity index (χ1) is 9.64. The number of carboxylic acids is 1. The molecule has 1 aliphatic rings. The van der Waals surface area contributed by atoms with Crippen molar-refractivity contribution >= 4 is 11.9 Å². The predicted octanol–water partition coefficient (Wildman–Crippen LogP) is 2.02. The zero-order chi connectivity index (χ0) is 15.9. The van der Waals surface area contributed by atoms with Gasteiger partial charge in [0.05, 0.1) is 17.3 Å². The lowest BCUT2D eigenvalue weighted by Crippen LogP contribution is -2.44. The summed E-state index contributed by atoms with van der Waals surface area (Å²) >= 11 is 0. The van der Waals surface area contributed by atoms with Gasteiger partial charge in [-0.25, -0.2) is 4.79 Å². The summed E-state index contributed by atoms with van der Waals surface area (Å²) in [4.78, 5) is 25.5. The summed E-state index contributed by atoms with van der Waals surface area (Å²) in [5.41, 5.74) is 1.05. The molecule has 1 saturated carbocycles. The van der Waals surface area contributed by atoms with E-state index in [0.717, 1.165) is 18.5 Å². The highest BCUT2D eigenvalue weighted by Gasteiger charge is 2.40. The topological polar surface area (TPSA) is 75.4 Å². The van der Waals surface area contributed by atoms with Crippen molar-refractivity contribution in [3.63, 3.8) is 0 Å². The smallest absolute Gasteiger partial charge is 0.326 e. The predicted molar refractivity (Wildman–Crippen MR) is 78.2 cm³/mol. The van der Waals surface area contributed by atoms with Crippen LogP contribution < -0.4 is 0 Å². The molecule has 6 nitrogen and oxygen atoms in total. The van der Waals surface area contributed by atoms with Crippen LogP contribution in [-0.4, -0.2) is 43.7 Å². The van der Waals surface area contributed by atoms with Gasteiger partial charge in [-0.1, -0.05) is 0 Å². The highest BCUT2D eigenvalue weighted by atomic mass is 16.4. The number of rotatable bonds is 4. The SMILES string of the molecule is Cc1c(C(=O)N(C2CC2)C(C)C(=O)O)cnn1C(C)(C)C. The molecular formula is C15H23N3O3.